The summed E-state index contributed by atoms with van der Waals surface area (Å²) in [5.41, 5.74) is 1.02. The minimum atomic E-state index is -0.459. The van der Waals surface area contributed by atoms with Gasteiger partial charge in [0.2, 0.25) is 0 Å². The Morgan fingerprint density at radius 3 is 2.50 bits per heavy atom. The number of hydrogen-bond acceptors (Lipinski definition) is 5. The molecule has 24 heavy (non-hydrogen) atoms. The van der Waals surface area contributed by atoms with E-state index in [1.165, 1.54) is 13.2 Å². The maximum absolute atomic E-state index is 12.1. The molecule has 5 heteroatoms. The van der Waals surface area contributed by atoms with E-state index in [1.807, 2.05) is 6.07 Å². The molecule has 3 rings (SSSR count). The number of esters is 1. The summed E-state index contributed by atoms with van der Waals surface area (Å²) in [5.74, 6) is -0.589. The van der Waals surface area contributed by atoms with E-state index in [-0.39, 0.29) is 18.1 Å². The first-order valence-corrected chi connectivity index (χ1v) is 7.34. The standard InChI is InChI=1S/C19H16O5/c1-23-16-9-5-8-14-13(10-15(20)18(21)17(14)16)11-24-19(22)12-6-3-2-4-7-12/h2-10,20-21H,11H2,1H3. The molecule has 0 atom stereocenters. The number of carbonyl (C=O) groups excluding carboxylic acids is 1. The molecule has 0 amide bonds. The van der Waals surface area contributed by atoms with Gasteiger partial charge in [0.05, 0.1) is 18.1 Å². The molecule has 0 aliphatic carbocycles. The number of phenolic OH excluding ortho intramolecular Hbond substituents is 2. The van der Waals surface area contributed by atoms with Crippen LogP contribution in [-0.2, 0) is 11.3 Å². The predicted molar refractivity (Wildman–Crippen MR) is 89.4 cm³/mol. The third-order valence-electron chi connectivity index (χ3n) is 3.75. The number of benzene rings is 3. The number of rotatable bonds is 4. The van der Waals surface area contributed by atoms with Crippen molar-refractivity contribution < 1.29 is 24.5 Å². The third kappa shape index (κ3) is 2.84. The van der Waals surface area contributed by atoms with E-state index in [2.05, 4.69) is 0 Å². The Kier molecular flexibility index (Phi) is 4.24. The van der Waals surface area contributed by atoms with Crippen LogP contribution in [0.5, 0.6) is 17.2 Å². The second-order valence-corrected chi connectivity index (χ2v) is 5.23. The summed E-state index contributed by atoms with van der Waals surface area (Å²) in [6.45, 7) is -0.0365. The molecule has 0 aromatic heterocycles. The van der Waals surface area contributed by atoms with Crippen LogP contribution in [0.4, 0.5) is 0 Å². The Morgan fingerprint density at radius 2 is 1.79 bits per heavy atom. The van der Waals surface area contributed by atoms with Gasteiger partial charge in [-0.05, 0) is 29.7 Å². The minimum Gasteiger partial charge on any atom is -0.504 e. The zero-order valence-electron chi connectivity index (χ0n) is 13.0. The first-order chi connectivity index (χ1) is 11.6. The number of fused-ring (bicyclic) bond motifs is 1. The Balaban J connectivity index is 1.95. The van der Waals surface area contributed by atoms with E-state index in [9.17, 15) is 15.0 Å². The lowest BCUT2D eigenvalue weighted by atomic mass is 10.0. The fourth-order valence-electron chi connectivity index (χ4n) is 2.57. The van der Waals surface area contributed by atoms with Gasteiger partial charge < -0.3 is 19.7 Å². The highest BCUT2D eigenvalue weighted by molar-refractivity contribution is 5.98. The van der Waals surface area contributed by atoms with Crippen molar-refractivity contribution in [2.45, 2.75) is 6.61 Å². The molecular formula is C19H16O5. The summed E-state index contributed by atoms with van der Waals surface area (Å²) in [6.07, 6.45) is 0. The van der Waals surface area contributed by atoms with Crippen LogP contribution in [0.15, 0.2) is 54.6 Å². The smallest absolute Gasteiger partial charge is 0.338 e. The second kappa shape index (κ2) is 6.50. The first-order valence-electron chi connectivity index (χ1n) is 7.34. The van der Waals surface area contributed by atoms with Crippen LogP contribution >= 0.6 is 0 Å². The molecule has 0 aliphatic heterocycles. The zero-order chi connectivity index (χ0) is 17.1. The van der Waals surface area contributed by atoms with Crippen molar-refractivity contribution in [3.05, 3.63) is 65.7 Å². The molecule has 0 spiro atoms. The van der Waals surface area contributed by atoms with Crippen molar-refractivity contribution in [2.75, 3.05) is 7.11 Å². The van der Waals surface area contributed by atoms with Crippen molar-refractivity contribution in [3.63, 3.8) is 0 Å². The molecule has 0 fully saturated rings. The second-order valence-electron chi connectivity index (χ2n) is 5.23. The Labute approximate surface area is 138 Å². The lowest BCUT2D eigenvalue weighted by molar-refractivity contribution is 0.0474. The average Bonchev–Trinajstić information content (AvgIpc) is 2.63. The van der Waals surface area contributed by atoms with Crippen LogP contribution in [0.2, 0.25) is 0 Å². The molecule has 0 bridgehead atoms. The van der Waals surface area contributed by atoms with Crippen LogP contribution in [0, 0.1) is 0 Å². The molecule has 3 aromatic rings. The van der Waals surface area contributed by atoms with E-state index in [0.29, 0.717) is 27.6 Å². The summed E-state index contributed by atoms with van der Waals surface area (Å²) in [6, 6.07) is 15.2. The van der Waals surface area contributed by atoms with E-state index in [4.69, 9.17) is 9.47 Å². The van der Waals surface area contributed by atoms with Crippen molar-refractivity contribution in [3.8, 4) is 17.2 Å². The summed E-state index contributed by atoms with van der Waals surface area (Å²) in [4.78, 5) is 12.1. The molecule has 5 nitrogen and oxygen atoms in total. The molecule has 0 saturated heterocycles. The van der Waals surface area contributed by atoms with Gasteiger partial charge in [-0.25, -0.2) is 4.79 Å². The van der Waals surface area contributed by atoms with Gasteiger partial charge in [-0.15, -0.1) is 0 Å². The topological polar surface area (TPSA) is 76.0 Å². The van der Waals surface area contributed by atoms with Crippen LogP contribution in [0.1, 0.15) is 15.9 Å². The van der Waals surface area contributed by atoms with Gasteiger partial charge in [0.1, 0.15) is 12.4 Å². The molecule has 0 radical (unpaired) electrons. The SMILES string of the molecule is COc1cccc2c(COC(=O)c3ccccc3)cc(O)c(O)c12. The molecule has 0 heterocycles. The van der Waals surface area contributed by atoms with Gasteiger partial charge in [0, 0.05) is 5.56 Å². The zero-order valence-corrected chi connectivity index (χ0v) is 13.0. The number of carbonyl (C=O) groups is 1. The van der Waals surface area contributed by atoms with E-state index in [0.717, 1.165) is 0 Å². The highest BCUT2D eigenvalue weighted by Gasteiger charge is 2.16. The molecule has 0 aliphatic rings. The molecule has 0 saturated carbocycles. The number of phenols is 2. The number of aromatic hydroxyl groups is 2. The van der Waals surface area contributed by atoms with Gasteiger partial charge in [-0.1, -0.05) is 30.3 Å². The average molecular weight is 324 g/mol. The first kappa shape index (κ1) is 15.7. The van der Waals surface area contributed by atoms with Gasteiger partial charge in [-0.2, -0.15) is 0 Å². The van der Waals surface area contributed by atoms with E-state index in [1.54, 1.807) is 42.5 Å². The lowest BCUT2D eigenvalue weighted by Crippen LogP contribution is -2.05. The summed E-state index contributed by atoms with van der Waals surface area (Å²) in [7, 11) is 1.48. The minimum absolute atomic E-state index is 0.0365. The summed E-state index contributed by atoms with van der Waals surface area (Å²) < 4.78 is 10.6. The highest BCUT2D eigenvalue weighted by atomic mass is 16.5. The van der Waals surface area contributed by atoms with Gasteiger partial charge >= 0.3 is 5.97 Å². The van der Waals surface area contributed by atoms with Crippen molar-refractivity contribution in [1.29, 1.82) is 0 Å². The monoisotopic (exact) mass is 324 g/mol. The number of hydrogen-bond donors (Lipinski definition) is 2. The predicted octanol–water partition coefficient (Wildman–Crippen LogP) is 3.62. The highest BCUT2D eigenvalue weighted by Crippen LogP contribution is 2.41. The van der Waals surface area contributed by atoms with Crippen LogP contribution in [-0.4, -0.2) is 23.3 Å². The third-order valence-corrected chi connectivity index (χ3v) is 3.75. The fraction of sp³-hybridized carbons (Fsp3) is 0.105. The maximum Gasteiger partial charge on any atom is 0.338 e. The van der Waals surface area contributed by atoms with E-state index < -0.39 is 5.97 Å². The molecule has 0 unspecified atom stereocenters. The quantitative estimate of drug-likeness (QED) is 0.566. The maximum atomic E-state index is 12.1. The summed E-state index contributed by atoms with van der Waals surface area (Å²) in [5, 5.41) is 21.1. The molecule has 2 N–H and O–H groups in total. The van der Waals surface area contributed by atoms with Crippen LogP contribution in [0.3, 0.4) is 0 Å². The van der Waals surface area contributed by atoms with Gasteiger partial charge in [0.15, 0.2) is 11.5 Å². The largest absolute Gasteiger partial charge is 0.504 e. The van der Waals surface area contributed by atoms with Crippen molar-refractivity contribution >= 4 is 16.7 Å². The number of methoxy groups -OCH3 is 1. The van der Waals surface area contributed by atoms with E-state index >= 15 is 0 Å². The van der Waals surface area contributed by atoms with Crippen LogP contribution in [0.25, 0.3) is 10.8 Å². The van der Waals surface area contributed by atoms with Gasteiger partial charge in [-0.3, -0.25) is 0 Å². The molecule has 3 aromatic carbocycles. The van der Waals surface area contributed by atoms with Crippen molar-refractivity contribution in [2.24, 2.45) is 0 Å². The molecular weight excluding hydrogens is 308 g/mol. The van der Waals surface area contributed by atoms with Gasteiger partial charge in [0.25, 0.3) is 0 Å². The Morgan fingerprint density at radius 1 is 1.04 bits per heavy atom. The molecule has 122 valence electrons. The normalized spacial score (nSPS) is 10.5. The van der Waals surface area contributed by atoms with Crippen LogP contribution < -0.4 is 4.74 Å². The number of ether oxygens (including phenoxy) is 2. The summed E-state index contributed by atoms with van der Waals surface area (Å²) >= 11 is 0. The Hall–Kier alpha value is -3.21. The lowest BCUT2D eigenvalue weighted by Gasteiger charge is -2.13. The Bertz CT molecular complexity index is 887. The fourth-order valence-corrected chi connectivity index (χ4v) is 2.57. The van der Waals surface area contributed by atoms with Crippen molar-refractivity contribution in [1.82, 2.24) is 0 Å².